The van der Waals surface area contributed by atoms with E-state index < -0.39 is 0 Å². The molecule has 29 heavy (non-hydrogen) atoms. The predicted octanol–water partition coefficient (Wildman–Crippen LogP) is 2.72. The van der Waals surface area contributed by atoms with Gasteiger partial charge in [-0.15, -0.1) is 0 Å². The smallest absolute Gasteiger partial charge is 0.151 e. The average Bonchev–Trinajstić information content (AvgIpc) is 3.12. The molecule has 8 nitrogen and oxygen atoms in total. The van der Waals surface area contributed by atoms with Crippen molar-refractivity contribution >= 4 is 23.2 Å². The van der Waals surface area contributed by atoms with E-state index >= 15 is 0 Å². The number of benzene rings is 1. The lowest BCUT2D eigenvalue weighted by Crippen LogP contribution is -2.29. The lowest BCUT2D eigenvalue weighted by molar-refractivity contribution is 0.327. The Bertz CT molecular complexity index is 1140. The number of hydrogen-bond donors (Lipinski definition) is 3. The van der Waals surface area contributed by atoms with Crippen molar-refractivity contribution in [1.82, 2.24) is 14.5 Å². The molecule has 5 N–H and O–H groups in total. The molecule has 3 aromatic rings. The van der Waals surface area contributed by atoms with Crippen molar-refractivity contribution < 1.29 is 0 Å². The molecule has 8 heteroatoms. The van der Waals surface area contributed by atoms with Gasteiger partial charge >= 0.3 is 0 Å². The van der Waals surface area contributed by atoms with Gasteiger partial charge in [-0.3, -0.25) is 10.4 Å². The van der Waals surface area contributed by atoms with E-state index in [-0.39, 0.29) is 17.9 Å². The van der Waals surface area contributed by atoms with Crippen LogP contribution in [-0.2, 0) is 0 Å². The highest BCUT2D eigenvalue weighted by Crippen LogP contribution is 2.36. The van der Waals surface area contributed by atoms with Crippen LogP contribution in [-0.4, -0.2) is 32.8 Å². The van der Waals surface area contributed by atoms with Gasteiger partial charge in [0.2, 0.25) is 0 Å². The third kappa shape index (κ3) is 3.48. The fourth-order valence-electron chi connectivity index (χ4n) is 4.05. The van der Waals surface area contributed by atoms with Crippen molar-refractivity contribution in [3.63, 3.8) is 0 Å². The number of aromatic nitrogens is 3. The van der Waals surface area contributed by atoms with Crippen molar-refractivity contribution in [2.75, 3.05) is 0 Å². The van der Waals surface area contributed by atoms with Crippen LogP contribution in [0.2, 0.25) is 0 Å². The summed E-state index contributed by atoms with van der Waals surface area (Å²) in [6.07, 6.45) is 6.44. The van der Waals surface area contributed by atoms with Gasteiger partial charge in [0, 0.05) is 17.6 Å². The summed E-state index contributed by atoms with van der Waals surface area (Å²) in [4.78, 5) is 13.0. The fraction of sp³-hybridized carbons (Fsp3) is 0.286. The number of imidazole rings is 1. The Kier molecular flexibility index (Phi) is 5.06. The first kappa shape index (κ1) is 18.8. The fourth-order valence-corrected chi connectivity index (χ4v) is 4.05. The molecule has 1 aliphatic rings. The Morgan fingerprint density at radius 2 is 2.17 bits per heavy atom. The van der Waals surface area contributed by atoms with Crippen LogP contribution in [0.3, 0.4) is 0 Å². The van der Waals surface area contributed by atoms with Gasteiger partial charge in [0.25, 0.3) is 0 Å². The van der Waals surface area contributed by atoms with Crippen LogP contribution in [0.25, 0.3) is 22.4 Å². The highest BCUT2D eigenvalue weighted by atomic mass is 15.1. The summed E-state index contributed by atoms with van der Waals surface area (Å²) < 4.78 is 2.17. The minimum Gasteiger partial charge on any atom is -0.382 e. The average molecular weight is 386 g/mol. The van der Waals surface area contributed by atoms with Gasteiger partial charge in [-0.1, -0.05) is 12.1 Å². The van der Waals surface area contributed by atoms with Crippen LogP contribution in [0.1, 0.15) is 43.0 Å². The van der Waals surface area contributed by atoms with Crippen molar-refractivity contribution in [1.29, 1.82) is 10.7 Å². The van der Waals surface area contributed by atoms with Crippen LogP contribution >= 0.6 is 0 Å². The highest BCUT2D eigenvalue weighted by Gasteiger charge is 2.26. The normalized spacial score (nSPS) is 19.8. The number of nitrogens with one attached hydrogen (secondary N) is 1. The Balaban J connectivity index is 1.97. The van der Waals surface area contributed by atoms with Crippen molar-refractivity contribution in [3.8, 4) is 17.5 Å². The molecule has 1 aliphatic carbocycles. The number of rotatable bonds is 4. The second-order valence-corrected chi connectivity index (χ2v) is 7.25. The van der Waals surface area contributed by atoms with Crippen molar-refractivity contribution in [2.24, 2.45) is 16.5 Å². The number of fused-ring (bicyclic) bond motifs is 1. The number of aliphatic imine (C=N–C) groups is 1. The molecule has 1 saturated carbocycles. The van der Waals surface area contributed by atoms with Crippen LogP contribution in [0.15, 0.2) is 41.5 Å². The molecule has 146 valence electrons. The zero-order valence-corrected chi connectivity index (χ0v) is 15.9. The molecule has 2 aromatic heterocycles. The molecular weight excluding hydrogens is 364 g/mol. The number of nitrogens with two attached hydrogens (primary N) is 2. The number of nitriles is 1. The van der Waals surface area contributed by atoms with Gasteiger partial charge in [0.1, 0.15) is 23.4 Å². The van der Waals surface area contributed by atoms with Gasteiger partial charge in [-0.2, -0.15) is 5.26 Å². The number of pyridine rings is 1. The van der Waals surface area contributed by atoms with E-state index in [9.17, 15) is 5.26 Å². The molecule has 0 saturated heterocycles. The number of amidine groups is 1. The van der Waals surface area contributed by atoms with Crippen LogP contribution in [0.5, 0.6) is 0 Å². The van der Waals surface area contributed by atoms with Gasteiger partial charge in [0.15, 0.2) is 5.84 Å². The third-order valence-electron chi connectivity index (χ3n) is 5.38. The first-order valence-corrected chi connectivity index (χ1v) is 9.58. The van der Waals surface area contributed by atoms with Gasteiger partial charge in [-0.05, 0) is 43.9 Å². The summed E-state index contributed by atoms with van der Waals surface area (Å²) >= 11 is 0. The zero-order chi connectivity index (χ0) is 20.4. The Morgan fingerprint density at radius 1 is 1.34 bits per heavy atom. The van der Waals surface area contributed by atoms with Crippen molar-refractivity contribution in [2.45, 2.75) is 37.8 Å². The zero-order valence-electron chi connectivity index (χ0n) is 15.9. The van der Waals surface area contributed by atoms with E-state index in [1.165, 1.54) is 0 Å². The van der Waals surface area contributed by atoms with Crippen LogP contribution in [0, 0.1) is 16.7 Å². The van der Waals surface area contributed by atoms with E-state index in [2.05, 4.69) is 20.6 Å². The summed E-state index contributed by atoms with van der Waals surface area (Å²) in [6, 6.07) is 11.9. The maximum atomic E-state index is 9.60. The molecule has 0 radical (unpaired) electrons. The van der Waals surface area contributed by atoms with Gasteiger partial charge in [0.05, 0.1) is 23.3 Å². The SMILES string of the molecule is N#Cc1ccccc1-c1nc2cnc(C(N)=NC=N)cc2n1[C@@H]1CCCC(N)C1. The number of hydrogen-bond acceptors (Lipinski definition) is 5. The van der Waals surface area contributed by atoms with Gasteiger partial charge < -0.3 is 16.0 Å². The van der Waals surface area contributed by atoms with E-state index in [4.69, 9.17) is 21.9 Å². The minimum atomic E-state index is 0.135. The number of nitrogens with zero attached hydrogens (tertiary/aromatic N) is 5. The van der Waals surface area contributed by atoms with Crippen LogP contribution < -0.4 is 11.5 Å². The molecule has 0 amide bonds. The molecule has 4 rings (SSSR count). The lowest BCUT2D eigenvalue weighted by atomic mass is 9.91. The van der Waals surface area contributed by atoms with E-state index in [1.807, 2.05) is 24.3 Å². The van der Waals surface area contributed by atoms with Crippen LogP contribution in [0.4, 0.5) is 0 Å². The first-order chi connectivity index (χ1) is 14.1. The lowest BCUT2D eigenvalue weighted by Gasteiger charge is -2.29. The Labute approximate surface area is 168 Å². The maximum Gasteiger partial charge on any atom is 0.151 e. The molecule has 2 atom stereocenters. The highest BCUT2D eigenvalue weighted by molar-refractivity contribution is 6.01. The van der Waals surface area contributed by atoms with Gasteiger partial charge in [-0.25, -0.2) is 9.98 Å². The molecule has 2 heterocycles. The summed E-state index contributed by atoms with van der Waals surface area (Å²) in [5.74, 6) is 0.909. The van der Waals surface area contributed by atoms with E-state index in [0.29, 0.717) is 11.3 Å². The topological polar surface area (TPSA) is 143 Å². The molecular formula is C21H22N8. The third-order valence-corrected chi connectivity index (χ3v) is 5.38. The minimum absolute atomic E-state index is 0.135. The molecule has 0 bridgehead atoms. The summed E-state index contributed by atoms with van der Waals surface area (Å²) in [7, 11) is 0. The maximum absolute atomic E-state index is 9.60. The summed E-state index contributed by atoms with van der Waals surface area (Å²) in [5, 5.41) is 16.8. The van der Waals surface area contributed by atoms with E-state index in [0.717, 1.165) is 54.4 Å². The molecule has 1 fully saturated rings. The Morgan fingerprint density at radius 3 is 2.93 bits per heavy atom. The van der Waals surface area contributed by atoms with E-state index in [1.54, 1.807) is 12.3 Å². The second-order valence-electron chi connectivity index (χ2n) is 7.25. The van der Waals surface area contributed by atoms with Crippen molar-refractivity contribution in [3.05, 3.63) is 47.8 Å². The Hall–Kier alpha value is -3.57. The summed E-state index contributed by atoms with van der Waals surface area (Å²) in [6.45, 7) is 0. The monoisotopic (exact) mass is 386 g/mol. The quantitative estimate of drug-likeness (QED) is 0.466. The molecule has 0 aliphatic heterocycles. The molecule has 1 aromatic carbocycles. The largest absolute Gasteiger partial charge is 0.382 e. The second kappa shape index (κ2) is 7.81. The molecule has 1 unspecified atom stereocenters. The predicted molar refractivity (Wildman–Crippen MR) is 113 cm³/mol. The standard InChI is InChI=1S/C21H22N8/c22-10-13-4-1-2-7-16(13)21-28-18-11-26-17(20(25)27-12-23)9-19(18)29(21)15-6-3-5-14(24)8-15/h1-2,4,7,9,11-12,14-15H,3,5-6,8,24H2,(H3,23,25,27)/t14?,15-/m1/s1. The molecule has 0 spiro atoms. The summed E-state index contributed by atoms with van der Waals surface area (Å²) in [5.41, 5.74) is 15.7. The first-order valence-electron chi connectivity index (χ1n) is 9.58.